The molecule has 1 atom stereocenters. The highest BCUT2D eigenvalue weighted by Crippen LogP contribution is 2.14. The van der Waals surface area contributed by atoms with E-state index in [9.17, 15) is 4.79 Å². The zero-order valence-corrected chi connectivity index (χ0v) is 19.4. The van der Waals surface area contributed by atoms with Crippen molar-refractivity contribution < 1.29 is 4.79 Å². The summed E-state index contributed by atoms with van der Waals surface area (Å²) < 4.78 is 1.93. The molecule has 7 nitrogen and oxygen atoms in total. The third-order valence-electron chi connectivity index (χ3n) is 5.49. The van der Waals surface area contributed by atoms with Crippen LogP contribution >= 0.6 is 0 Å². The largest absolute Gasteiger partial charge is 0.354 e. The van der Waals surface area contributed by atoms with E-state index < -0.39 is 0 Å². The van der Waals surface area contributed by atoms with Gasteiger partial charge in [0.25, 0.3) is 5.91 Å². The van der Waals surface area contributed by atoms with Gasteiger partial charge in [-0.15, -0.1) is 0 Å². The van der Waals surface area contributed by atoms with E-state index in [0.29, 0.717) is 6.54 Å². The fourth-order valence-electron chi connectivity index (χ4n) is 3.54. The van der Waals surface area contributed by atoms with Crippen molar-refractivity contribution in [2.45, 2.75) is 53.6 Å². The van der Waals surface area contributed by atoms with Gasteiger partial charge in [0.2, 0.25) is 0 Å². The fraction of sp³-hybridized carbons (Fsp3) is 0.522. The van der Waals surface area contributed by atoms with Gasteiger partial charge in [0.1, 0.15) is 0 Å². The lowest BCUT2D eigenvalue weighted by molar-refractivity contribution is 0.0773. The van der Waals surface area contributed by atoms with Gasteiger partial charge >= 0.3 is 0 Å². The Hall–Kier alpha value is -2.83. The Morgan fingerprint density at radius 2 is 1.83 bits per heavy atom. The summed E-state index contributed by atoms with van der Waals surface area (Å²) >= 11 is 0. The number of aliphatic imine (C=N–C) groups is 1. The van der Waals surface area contributed by atoms with Crippen LogP contribution in [0.2, 0.25) is 0 Å². The van der Waals surface area contributed by atoms with E-state index in [1.165, 1.54) is 11.3 Å². The maximum absolute atomic E-state index is 12.4. The number of nitrogens with one attached hydrogen (secondary N) is 2. The predicted molar refractivity (Wildman–Crippen MR) is 123 cm³/mol. The van der Waals surface area contributed by atoms with Gasteiger partial charge < -0.3 is 15.5 Å². The van der Waals surface area contributed by atoms with Crippen molar-refractivity contribution in [2.24, 2.45) is 12.0 Å². The first-order valence-electron chi connectivity index (χ1n) is 10.6. The number of aryl methyl sites for hydroxylation is 2. The average molecular weight is 413 g/mol. The van der Waals surface area contributed by atoms with Gasteiger partial charge in [-0.05, 0) is 64.3 Å². The first kappa shape index (κ1) is 23.4. The van der Waals surface area contributed by atoms with Gasteiger partial charge in [-0.25, -0.2) is 0 Å². The smallest absolute Gasteiger partial charge is 0.253 e. The highest BCUT2D eigenvalue weighted by atomic mass is 16.2. The first-order valence-corrected chi connectivity index (χ1v) is 10.6. The molecular formula is C23H36N6O. The van der Waals surface area contributed by atoms with Crippen LogP contribution in [-0.2, 0) is 20.0 Å². The van der Waals surface area contributed by atoms with Crippen LogP contribution in [0.3, 0.4) is 0 Å². The summed E-state index contributed by atoms with van der Waals surface area (Å²) in [7, 11) is 3.75. The molecule has 0 fully saturated rings. The molecular weight excluding hydrogens is 376 g/mol. The first-order chi connectivity index (χ1) is 14.3. The monoisotopic (exact) mass is 412 g/mol. The normalized spacial score (nSPS) is 12.6. The molecule has 0 aliphatic heterocycles. The van der Waals surface area contributed by atoms with Crippen LogP contribution in [0.5, 0.6) is 0 Å². The lowest BCUT2D eigenvalue weighted by Gasteiger charge is -2.19. The molecule has 1 heterocycles. The number of guanidine groups is 1. The number of rotatable bonds is 8. The molecule has 0 radical (unpaired) electrons. The second kappa shape index (κ2) is 10.8. The number of amides is 1. The molecule has 2 N–H and O–H groups in total. The number of hydrogen-bond donors (Lipinski definition) is 2. The molecule has 30 heavy (non-hydrogen) atoms. The van der Waals surface area contributed by atoms with Crippen molar-refractivity contribution in [1.82, 2.24) is 25.3 Å². The fourth-order valence-corrected chi connectivity index (χ4v) is 3.54. The molecule has 164 valence electrons. The summed E-state index contributed by atoms with van der Waals surface area (Å²) in [6, 6.07) is 7.98. The molecule has 7 heteroatoms. The molecule has 0 spiro atoms. The topological polar surface area (TPSA) is 74.6 Å². The average Bonchev–Trinajstić information content (AvgIpc) is 2.98. The standard InChI is InChI=1S/C23H36N6O/c1-8-29(9-2)22(30)20-12-10-19(11-13-20)15-25-23(24-6)26-16(3)14-21-17(4)27-28(7)18(21)5/h10-13,16H,8-9,14-15H2,1-7H3,(H2,24,25,26). The van der Waals surface area contributed by atoms with E-state index >= 15 is 0 Å². The minimum Gasteiger partial charge on any atom is -0.354 e. The molecule has 0 saturated carbocycles. The highest BCUT2D eigenvalue weighted by Gasteiger charge is 2.14. The maximum atomic E-state index is 12.4. The molecule has 2 aromatic rings. The second-order valence-electron chi connectivity index (χ2n) is 7.62. The summed E-state index contributed by atoms with van der Waals surface area (Å²) in [4.78, 5) is 18.6. The van der Waals surface area contributed by atoms with Crippen LogP contribution in [0, 0.1) is 13.8 Å². The predicted octanol–water partition coefficient (Wildman–Crippen LogP) is 2.82. The van der Waals surface area contributed by atoms with Gasteiger partial charge in [-0.3, -0.25) is 14.5 Å². The van der Waals surface area contributed by atoms with Gasteiger partial charge in [-0.1, -0.05) is 12.1 Å². The van der Waals surface area contributed by atoms with E-state index in [2.05, 4.69) is 41.5 Å². The van der Waals surface area contributed by atoms with Crippen molar-refractivity contribution in [2.75, 3.05) is 20.1 Å². The molecule has 0 aliphatic rings. The maximum Gasteiger partial charge on any atom is 0.253 e. The van der Waals surface area contributed by atoms with Crippen molar-refractivity contribution in [3.8, 4) is 0 Å². The third-order valence-corrected chi connectivity index (χ3v) is 5.49. The molecule has 1 amide bonds. The Labute approximate surface area is 180 Å². The Morgan fingerprint density at radius 1 is 1.20 bits per heavy atom. The second-order valence-corrected chi connectivity index (χ2v) is 7.62. The highest BCUT2D eigenvalue weighted by molar-refractivity contribution is 5.94. The SMILES string of the molecule is CCN(CC)C(=O)c1ccc(CNC(=NC)NC(C)Cc2c(C)nn(C)c2C)cc1. The van der Waals surface area contributed by atoms with Crippen molar-refractivity contribution >= 4 is 11.9 Å². The van der Waals surface area contributed by atoms with Gasteiger partial charge in [0.05, 0.1) is 5.69 Å². The van der Waals surface area contributed by atoms with Gasteiger partial charge in [0, 0.05) is 51.0 Å². The summed E-state index contributed by atoms with van der Waals surface area (Å²) in [5.41, 5.74) is 5.37. The summed E-state index contributed by atoms with van der Waals surface area (Å²) in [5, 5.41) is 11.3. The molecule has 1 aromatic heterocycles. The molecule has 0 saturated heterocycles. The van der Waals surface area contributed by atoms with E-state index in [-0.39, 0.29) is 11.9 Å². The Bertz CT molecular complexity index is 865. The zero-order chi connectivity index (χ0) is 22.3. The molecule has 1 aromatic carbocycles. The molecule has 0 bridgehead atoms. The van der Waals surface area contributed by atoms with Crippen LogP contribution in [0.4, 0.5) is 0 Å². The van der Waals surface area contributed by atoms with Crippen LogP contribution in [0.15, 0.2) is 29.3 Å². The van der Waals surface area contributed by atoms with Crippen LogP contribution in [-0.4, -0.2) is 52.7 Å². The van der Waals surface area contributed by atoms with E-state index in [0.717, 1.165) is 42.3 Å². The number of aromatic nitrogens is 2. The lowest BCUT2D eigenvalue weighted by atomic mass is 10.1. The summed E-state index contributed by atoms with van der Waals surface area (Å²) in [5.74, 6) is 0.830. The van der Waals surface area contributed by atoms with Gasteiger partial charge in [-0.2, -0.15) is 5.10 Å². The van der Waals surface area contributed by atoms with Crippen molar-refractivity contribution in [1.29, 1.82) is 0 Å². The molecule has 1 unspecified atom stereocenters. The van der Waals surface area contributed by atoms with Crippen molar-refractivity contribution in [3.63, 3.8) is 0 Å². The molecule has 0 aliphatic carbocycles. The quantitative estimate of drug-likeness (QED) is 0.516. The van der Waals surface area contributed by atoms with Crippen molar-refractivity contribution in [3.05, 3.63) is 52.3 Å². The Balaban J connectivity index is 1.91. The van der Waals surface area contributed by atoms with Gasteiger partial charge in [0.15, 0.2) is 5.96 Å². The van der Waals surface area contributed by atoms with E-state index in [1.807, 2.05) is 54.7 Å². The van der Waals surface area contributed by atoms with E-state index in [4.69, 9.17) is 0 Å². The minimum atomic E-state index is 0.0757. The Kier molecular flexibility index (Phi) is 8.45. The number of carbonyl (C=O) groups is 1. The Morgan fingerprint density at radius 3 is 2.33 bits per heavy atom. The molecule has 2 rings (SSSR count). The zero-order valence-electron chi connectivity index (χ0n) is 19.4. The van der Waals surface area contributed by atoms with Crippen LogP contribution in [0.1, 0.15) is 53.6 Å². The summed E-state index contributed by atoms with van der Waals surface area (Å²) in [6.45, 7) is 12.4. The summed E-state index contributed by atoms with van der Waals surface area (Å²) in [6.07, 6.45) is 0.883. The van der Waals surface area contributed by atoms with E-state index in [1.54, 1.807) is 7.05 Å². The number of nitrogens with zero attached hydrogens (tertiary/aromatic N) is 4. The lowest BCUT2D eigenvalue weighted by Crippen LogP contribution is -2.42. The third kappa shape index (κ3) is 5.84. The van der Waals surface area contributed by atoms with Crippen LogP contribution in [0.25, 0.3) is 0 Å². The number of benzene rings is 1. The number of hydrogen-bond acceptors (Lipinski definition) is 3. The van der Waals surface area contributed by atoms with Crippen LogP contribution < -0.4 is 10.6 Å². The minimum absolute atomic E-state index is 0.0757. The number of carbonyl (C=O) groups excluding carboxylic acids is 1.